The molecule has 0 fully saturated rings. The monoisotopic (exact) mass is 502 g/mol. The summed E-state index contributed by atoms with van der Waals surface area (Å²) < 4.78 is 49.2. The summed E-state index contributed by atoms with van der Waals surface area (Å²) in [6, 6.07) is 22.1. The summed E-state index contributed by atoms with van der Waals surface area (Å²) in [4.78, 5) is 0. The molecule has 4 aromatic carbocycles. The van der Waals surface area contributed by atoms with Crippen molar-refractivity contribution in [2.24, 2.45) is 0 Å². The van der Waals surface area contributed by atoms with Crippen molar-refractivity contribution < 1.29 is 23.0 Å². The van der Waals surface area contributed by atoms with Gasteiger partial charge in [-0.1, -0.05) is 92.2 Å². The van der Waals surface area contributed by atoms with Gasteiger partial charge < -0.3 is 9.84 Å². The molecule has 0 aromatic heterocycles. The number of hydrogen-bond donors (Lipinski definition) is 1. The molecular weight excluding hydrogens is 473 g/mol. The van der Waals surface area contributed by atoms with Crippen LogP contribution in [0.15, 0.2) is 78.9 Å². The first-order valence-electron chi connectivity index (χ1n) is 12.4. The van der Waals surface area contributed by atoms with Crippen LogP contribution in [0.1, 0.15) is 49.5 Å². The molecule has 5 heteroatoms. The van der Waals surface area contributed by atoms with E-state index in [1.807, 2.05) is 31.2 Å². The van der Waals surface area contributed by atoms with Crippen LogP contribution in [0.4, 0.5) is 13.2 Å². The van der Waals surface area contributed by atoms with E-state index in [9.17, 15) is 18.3 Å². The Labute approximate surface area is 215 Å². The van der Waals surface area contributed by atoms with Gasteiger partial charge in [-0.2, -0.15) is 0 Å². The maximum absolute atomic E-state index is 14.9. The van der Waals surface area contributed by atoms with E-state index in [2.05, 4.69) is 0 Å². The Bertz CT molecular complexity index is 1380. The molecule has 0 saturated carbocycles. The van der Waals surface area contributed by atoms with Crippen LogP contribution >= 0.6 is 0 Å². The van der Waals surface area contributed by atoms with Crippen molar-refractivity contribution in [3.8, 4) is 28.0 Å². The lowest BCUT2D eigenvalue weighted by Crippen LogP contribution is -1.97. The van der Waals surface area contributed by atoms with E-state index in [0.29, 0.717) is 24.2 Å². The Balaban J connectivity index is 1.49. The van der Waals surface area contributed by atoms with Crippen LogP contribution in [0.25, 0.3) is 34.4 Å². The second-order valence-electron chi connectivity index (χ2n) is 8.79. The molecule has 0 aliphatic carbocycles. The Morgan fingerprint density at radius 1 is 0.757 bits per heavy atom. The minimum Gasteiger partial charge on any atom is -0.491 e. The molecule has 0 saturated heterocycles. The molecule has 0 heterocycles. The Kier molecular flexibility index (Phi) is 8.47. The second kappa shape index (κ2) is 11.9. The highest BCUT2D eigenvalue weighted by atomic mass is 19.2. The fraction of sp³-hybridized carbons (Fsp3) is 0.188. The SMILES string of the molecule is CCCC(O)c1ccc(-c2ccc(/C=C/c3ccc(-c4ccc(OCC)c(F)c4)cc3)c(F)c2F)cc1. The van der Waals surface area contributed by atoms with Gasteiger partial charge in [-0.15, -0.1) is 0 Å². The van der Waals surface area contributed by atoms with Crippen LogP contribution in [0.2, 0.25) is 0 Å². The van der Waals surface area contributed by atoms with Crippen LogP contribution in [0.3, 0.4) is 0 Å². The minimum absolute atomic E-state index is 0.133. The molecule has 1 N–H and O–H groups in total. The molecule has 4 rings (SSSR count). The zero-order chi connectivity index (χ0) is 26.4. The van der Waals surface area contributed by atoms with Gasteiger partial charge in [0.25, 0.3) is 0 Å². The zero-order valence-electron chi connectivity index (χ0n) is 20.8. The van der Waals surface area contributed by atoms with E-state index in [1.165, 1.54) is 12.1 Å². The van der Waals surface area contributed by atoms with E-state index < -0.39 is 23.6 Å². The van der Waals surface area contributed by atoms with Gasteiger partial charge in [0.2, 0.25) is 0 Å². The quantitative estimate of drug-likeness (QED) is 0.232. The number of aliphatic hydroxyl groups excluding tert-OH is 1. The molecular formula is C32H29F3O2. The molecule has 0 bridgehead atoms. The third-order valence-electron chi connectivity index (χ3n) is 6.21. The Morgan fingerprint density at radius 3 is 2.08 bits per heavy atom. The molecule has 2 nitrogen and oxygen atoms in total. The molecule has 1 atom stereocenters. The Morgan fingerprint density at radius 2 is 1.43 bits per heavy atom. The van der Waals surface area contributed by atoms with E-state index in [4.69, 9.17) is 4.74 Å². The molecule has 37 heavy (non-hydrogen) atoms. The summed E-state index contributed by atoms with van der Waals surface area (Å²) in [5, 5.41) is 10.1. The smallest absolute Gasteiger partial charge is 0.167 e. The van der Waals surface area contributed by atoms with Gasteiger partial charge in [-0.25, -0.2) is 13.2 Å². The van der Waals surface area contributed by atoms with Crippen LogP contribution in [-0.4, -0.2) is 11.7 Å². The van der Waals surface area contributed by atoms with Crippen molar-refractivity contribution in [2.75, 3.05) is 6.61 Å². The summed E-state index contributed by atoms with van der Waals surface area (Å²) in [5.74, 6) is -2.05. The number of benzene rings is 4. The number of hydrogen-bond acceptors (Lipinski definition) is 2. The average molecular weight is 503 g/mol. The Hall–Kier alpha value is -3.83. The van der Waals surface area contributed by atoms with Crippen LogP contribution in [-0.2, 0) is 0 Å². The third-order valence-corrected chi connectivity index (χ3v) is 6.21. The van der Waals surface area contributed by atoms with E-state index in [-0.39, 0.29) is 16.9 Å². The molecule has 0 spiro atoms. The van der Waals surface area contributed by atoms with Gasteiger partial charge in [0.15, 0.2) is 23.2 Å². The predicted molar refractivity (Wildman–Crippen MR) is 144 cm³/mol. The molecule has 0 amide bonds. The highest BCUT2D eigenvalue weighted by Crippen LogP contribution is 2.30. The van der Waals surface area contributed by atoms with Gasteiger partial charge in [0.05, 0.1) is 12.7 Å². The van der Waals surface area contributed by atoms with Crippen LogP contribution < -0.4 is 4.74 Å². The summed E-state index contributed by atoms with van der Waals surface area (Å²) in [6.45, 7) is 4.18. The zero-order valence-corrected chi connectivity index (χ0v) is 20.8. The fourth-order valence-electron chi connectivity index (χ4n) is 4.17. The van der Waals surface area contributed by atoms with E-state index in [0.717, 1.165) is 23.1 Å². The van der Waals surface area contributed by atoms with E-state index >= 15 is 0 Å². The maximum Gasteiger partial charge on any atom is 0.167 e. The predicted octanol–water partition coefficient (Wildman–Crippen LogP) is 8.84. The number of rotatable bonds is 9. The summed E-state index contributed by atoms with van der Waals surface area (Å²) in [7, 11) is 0. The minimum atomic E-state index is -0.926. The number of ether oxygens (including phenoxy) is 1. The topological polar surface area (TPSA) is 29.5 Å². The fourth-order valence-corrected chi connectivity index (χ4v) is 4.17. The second-order valence-corrected chi connectivity index (χ2v) is 8.79. The first-order valence-corrected chi connectivity index (χ1v) is 12.4. The van der Waals surface area contributed by atoms with Crippen LogP contribution in [0.5, 0.6) is 5.75 Å². The highest BCUT2D eigenvalue weighted by Gasteiger charge is 2.14. The van der Waals surface area contributed by atoms with Crippen molar-refractivity contribution in [1.82, 2.24) is 0 Å². The van der Waals surface area contributed by atoms with Crippen molar-refractivity contribution in [3.63, 3.8) is 0 Å². The lowest BCUT2D eigenvalue weighted by atomic mass is 9.98. The molecule has 0 aliphatic heterocycles. The molecule has 0 radical (unpaired) electrons. The van der Waals surface area contributed by atoms with Crippen LogP contribution in [0, 0.1) is 17.5 Å². The first-order chi connectivity index (χ1) is 17.9. The lowest BCUT2D eigenvalue weighted by molar-refractivity contribution is 0.166. The number of halogens is 3. The summed E-state index contributed by atoms with van der Waals surface area (Å²) in [6.07, 6.45) is 4.16. The summed E-state index contributed by atoms with van der Waals surface area (Å²) >= 11 is 0. The van der Waals surface area contributed by atoms with Crippen molar-refractivity contribution >= 4 is 12.2 Å². The van der Waals surface area contributed by atoms with Crippen molar-refractivity contribution in [2.45, 2.75) is 32.8 Å². The van der Waals surface area contributed by atoms with Gasteiger partial charge in [0.1, 0.15) is 0 Å². The largest absolute Gasteiger partial charge is 0.491 e. The van der Waals surface area contributed by atoms with Crippen molar-refractivity contribution in [1.29, 1.82) is 0 Å². The van der Waals surface area contributed by atoms with Gasteiger partial charge in [-0.3, -0.25) is 0 Å². The first kappa shape index (κ1) is 26.2. The third kappa shape index (κ3) is 6.12. The van der Waals surface area contributed by atoms with Gasteiger partial charge in [-0.05, 0) is 53.3 Å². The standard InChI is InChI=1S/C32H29F3O2/c1-3-5-29(36)24-14-12-23(13-15-24)27-18-16-25(31(34)32(27)35)11-8-21-6-9-22(10-7-21)26-17-19-30(37-4-2)28(33)20-26/h6-20,29,36H,3-5H2,1-2H3/b11-8+. The average Bonchev–Trinajstić information content (AvgIpc) is 2.91. The van der Waals surface area contributed by atoms with E-state index in [1.54, 1.807) is 61.5 Å². The van der Waals surface area contributed by atoms with Gasteiger partial charge in [0, 0.05) is 11.1 Å². The lowest BCUT2D eigenvalue weighted by Gasteiger charge is -2.11. The molecule has 1 unspecified atom stereocenters. The maximum atomic E-state index is 14.9. The molecule has 0 aliphatic rings. The number of aliphatic hydroxyl groups is 1. The highest BCUT2D eigenvalue weighted by molar-refractivity contribution is 5.74. The van der Waals surface area contributed by atoms with Gasteiger partial charge >= 0.3 is 0 Å². The molecule has 4 aromatic rings. The molecule has 190 valence electrons. The van der Waals surface area contributed by atoms with Crippen molar-refractivity contribution in [3.05, 3.63) is 113 Å². The normalized spacial score (nSPS) is 12.2. The summed E-state index contributed by atoms with van der Waals surface area (Å²) in [5.41, 5.74) is 3.93.